The van der Waals surface area contributed by atoms with E-state index in [9.17, 15) is 13.2 Å². The molecule has 0 bridgehead atoms. The molecule has 1 fully saturated rings. The molecule has 0 aromatic carbocycles. The van der Waals surface area contributed by atoms with Gasteiger partial charge in [-0.05, 0) is 33.6 Å². The quantitative estimate of drug-likeness (QED) is 0.770. The van der Waals surface area contributed by atoms with Crippen molar-refractivity contribution >= 4 is 16.2 Å². The van der Waals surface area contributed by atoms with Crippen LogP contribution in [0, 0.1) is 5.92 Å². The lowest BCUT2D eigenvalue weighted by atomic mass is 9.96. The summed E-state index contributed by atoms with van der Waals surface area (Å²) in [5, 5.41) is 8.95. The average Bonchev–Trinajstić information content (AvgIpc) is 2.15. The zero-order valence-electron chi connectivity index (χ0n) is 10.4. The second-order valence-corrected chi connectivity index (χ2v) is 6.46. The van der Waals surface area contributed by atoms with Crippen LogP contribution in [0.5, 0.6) is 0 Å². The maximum absolute atomic E-state index is 12.0. The van der Waals surface area contributed by atoms with E-state index in [1.54, 1.807) is 20.8 Å². The van der Waals surface area contributed by atoms with Gasteiger partial charge in [0.1, 0.15) is 0 Å². The normalized spacial score (nSPS) is 27.3. The Labute approximate surface area is 102 Å². The van der Waals surface area contributed by atoms with E-state index < -0.39 is 22.1 Å². The SMILES string of the molecule is CC(C)NS(=O)(=O)N1CC(C(=O)O)CCC1C. The molecule has 0 aromatic heterocycles. The third kappa shape index (κ3) is 3.65. The highest BCUT2D eigenvalue weighted by Gasteiger charge is 2.36. The minimum Gasteiger partial charge on any atom is -0.481 e. The van der Waals surface area contributed by atoms with Crippen molar-refractivity contribution in [3.63, 3.8) is 0 Å². The monoisotopic (exact) mass is 264 g/mol. The highest BCUT2D eigenvalue weighted by molar-refractivity contribution is 7.87. The molecule has 6 nitrogen and oxygen atoms in total. The van der Waals surface area contributed by atoms with E-state index in [2.05, 4.69) is 4.72 Å². The Morgan fingerprint density at radius 2 is 2.00 bits per heavy atom. The van der Waals surface area contributed by atoms with Crippen LogP contribution in [-0.2, 0) is 15.0 Å². The number of hydrogen-bond donors (Lipinski definition) is 2. The third-order valence-electron chi connectivity index (χ3n) is 2.87. The Hall–Kier alpha value is -0.660. The van der Waals surface area contributed by atoms with Crippen molar-refractivity contribution in [3.05, 3.63) is 0 Å². The lowest BCUT2D eigenvalue weighted by Gasteiger charge is -2.35. The number of carboxylic acids is 1. The van der Waals surface area contributed by atoms with Crippen LogP contribution in [0.2, 0.25) is 0 Å². The van der Waals surface area contributed by atoms with Crippen LogP contribution in [0.1, 0.15) is 33.6 Å². The summed E-state index contributed by atoms with van der Waals surface area (Å²) in [6.45, 7) is 5.33. The Morgan fingerprint density at radius 3 is 2.47 bits per heavy atom. The van der Waals surface area contributed by atoms with E-state index in [4.69, 9.17) is 5.11 Å². The van der Waals surface area contributed by atoms with Crippen molar-refractivity contribution in [2.45, 2.75) is 45.7 Å². The zero-order chi connectivity index (χ0) is 13.2. The number of aliphatic carboxylic acids is 1. The lowest BCUT2D eigenvalue weighted by Crippen LogP contribution is -2.52. The molecule has 2 N–H and O–H groups in total. The maximum atomic E-state index is 12.0. The predicted octanol–water partition coefficient (Wildman–Crippen LogP) is 0.414. The molecule has 1 aliphatic heterocycles. The fourth-order valence-corrected chi connectivity index (χ4v) is 3.66. The van der Waals surface area contributed by atoms with Crippen molar-refractivity contribution < 1.29 is 18.3 Å². The molecule has 1 saturated heterocycles. The van der Waals surface area contributed by atoms with Crippen LogP contribution in [0.15, 0.2) is 0 Å². The van der Waals surface area contributed by atoms with E-state index in [0.29, 0.717) is 12.8 Å². The van der Waals surface area contributed by atoms with E-state index in [1.165, 1.54) is 4.31 Å². The second kappa shape index (κ2) is 5.32. The molecule has 2 atom stereocenters. The topological polar surface area (TPSA) is 86.7 Å². The van der Waals surface area contributed by atoms with E-state index in [-0.39, 0.29) is 18.6 Å². The van der Waals surface area contributed by atoms with Crippen LogP contribution >= 0.6 is 0 Å². The minimum atomic E-state index is -3.58. The Balaban J connectivity index is 2.83. The van der Waals surface area contributed by atoms with E-state index in [0.717, 1.165) is 0 Å². The smallest absolute Gasteiger partial charge is 0.307 e. The number of piperidine rings is 1. The van der Waals surface area contributed by atoms with Crippen LogP contribution in [-0.4, -0.2) is 42.4 Å². The lowest BCUT2D eigenvalue weighted by molar-refractivity contribution is -0.143. The summed E-state index contributed by atoms with van der Waals surface area (Å²) in [5.41, 5.74) is 0. The number of carboxylic acid groups (broad SMARTS) is 1. The molecule has 0 aromatic rings. The summed E-state index contributed by atoms with van der Waals surface area (Å²) >= 11 is 0. The Bertz CT molecular complexity index is 380. The van der Waals surface area contributed by atoms with Gasteiger partial charge in [0, 0.05) is 18.6 Å². The standard InChI is InChI=1S/C10H20N2O4S/c1-7(2)11-17(15,16)12-6-9(10(13)14)5-4-8(12)3/h7-9,11H,4-6H2,1-3H3,(H,13,14). The van der Waals surface area contributed by atoms with Gasteiger partial charge >= 0.3 is 5.97 Å². The first-order chi connectivity index (χ1) is 7.74. The van der Waals surface area contributed by atoms with Crippen molar-refractivity contribution in [2.24, 2.45) is 5.92 Å². The molecule has 100 valence electrons. The van der Waals surface area contributed by atoms with Gasteiger partial charge in [-0.1, -0.05) is 0 Å². The molecule has 7 heteroatoms. The molecule has 0 radical (unpaired) electrons. The van der Waals surface area contributed by atoms with E-state index >= 15 is 0 Å². The summed E-state index contributed by atoms with van der Waals surface area (Å²) in [6, 6.07) is -0.348. The molecule has 0 aliphatic carbocycles. The summed E-state index contributed by atoms with van der Waals surface area (Å²) in [7, 11) is -3.58. The fourth-order valence-electron chi connectivity index (χ4n) is 1.98. The molecular weight excluding hydrogens is 244 g/mol. The third-order valence-corrected chi connectivity index (χ3v) is 4.76. The molecule has 0 spiro atoms. The predicted molar refractivity (Wildman–Crippen MR) is 63.7 cm³/mol. The van der Waals surface area contributed by atoms with Crippen molar-refractivity contribution in [1.29, 1.82) is 0 Å². The van der Waals surface area contributed by atoms with Crippen LogP contribution in [0.25, 0.3) is 0 Å². The summed E-state index contributed by atoms with van der Waals surface area (Å²) in [5.74, 6) is -1.53. The van der Waals surface area contributed by atoms with Gasteiger partial charge in [0.2, 0.25) is 0 Å². The molecule has 2 unspecified atom stereocenters. The van der Waals surface area contributed by atoms with Gasteiger partial charge in [0.15, 0.2) is 0 Å². The van der Waals surface area contributed by atoms with Gasteiger partial charge in [-0.15, -0.1) is 0 Å². The van der Waals surface area contributed by atoms with Gasteiger partial charge in [-0.25, -0.2) is 0 Å². The molecule has 1 aliphatic rings. The molecular formula is C10H20N2O4S. The summed E-state index contributed by atoms with van der Waals surface area (Å²) < 4.78 is 27.7. The number of carbonyl (C=O) groups is 1. The highest BCUT2D eigenvalue weighted by atomic mass is 32.2. The van der Waals surface area contributed by atoms with Crippen LogP contribution in [0.4, 0.5) is 0 Å². The molecule has 1 rings (SSSR count). The average molecular weight is 264 g/mol. The molecule has 1 heterocycles. The highest BCUT2D eigenvalue weighted by Crippen LogP contribution is 2.24. The van der Waals surface area contributed by atoms with Crippen LogP contribution in [0.3, 0.4) is 0 Å². The van der Waals surface area contributed by atoms with Gasteiger partial charge in [-0.2, -0.15) is 17.4 Å². The number of hydrogen-bond acceptors (Lipinski definition) is 3. The molecule has 0 saturated carbocycles. The summed E-state index contributed by atoms with van der Waals surface area (Å²) in [6.07, 6.45) is 1.11. The fraction of sp³-hybridized carbons (Fsp3) is 0.900. The van der Waals surface area contributed by atoms with Gasteiger partial charge in [0.05, 0.1) is 5.92 Å². The molecule has 17 heavy (non-hydrogen) atoms. The Morgan fingerprint density at radius 1 is 1.41 bits per heavy atom. The van der Waals surface area contributed by atoms with E-state index in [1.807, 2.05) is 0 Å². The van der Waals surface area contributed by atoms with Gasteiger partial charge in [-0.3, -0.25) is 4.79 Å². The first-order valence-electron chi connectivity index (χ1n) is 5.76. The first kappa shape index (κ1) is 14.4. The summed E-state index contributed by atoms with van der Waals surface area (Å²) in [4.78, 5) is 10.9. The van der Waals surface area contributed by atoms with Gasteiger partial charge < -0.3 is 5.11 Å². The van der Waals surface area contributed by atoms with Gasteiger partial charge in [0.25, 0.3) is 10.2 Å². The number of rotatable bonds is 4. The minimum absolute atomic E-state index is 0.0541. The van der Waals surface area contributed by atoms with Crippen LogP contribution < -0.4 is 4.72 Å². The molecule has 0 amide bonds. The van der Waals surface area contributed by atoms with Crippen molar-refractivity contribution in [1.82, 2.24) is 9.03 Å². The largest absolute Gasteiger partial charge is 0.481 e. The number of nitrogens with zero attached hydrogens (tertiary/aromatic N) is 1. The second-order valence-electron chi connectivity index (χ2n) is 4.81. The van der Waals surface area contributed by atoms with Crippen molar-refractivity contribution in [2.75, 3.05) is 6.54 Å². The zero-order valence-corrected chi connectivity index (χ0v) is 11.2. The number of nitrogens with one attached hydrogen (secondary N) is 1. The first-order valence-corrected chi connectivity index (χ1v) is 7.20. The Kier molecular flexibility index (Phi) is 4.51. The maximum Gasteiger partial charge on any atom is 0.307 e. The van der Waals surface area contributed by atoms with Crippen molar-refractivity contribution in [3.8, 4) is 0 Å².